The van der Waals surface area contributed by atoms with Gasteiger partial charge in [0.25, 0.3) is 0 Å². The molecular formula is C14H22N2. The van der Waals surface area contributed by atoms with Crippen LogP contribution in [0.2, 0.25) is 0 Å². The quantitative estimate of drug-likeness (QED) is 0.835. The van der Waals surface area contributed by atoms with E-state index >= 15 is 0 Å². The lowest BCUT2D eigenvalue weighted by atomic mass is 10.1. The highest BCUT2D eigenvalue weighted by Gasteiger charge is 2.10. The smallest absolute Gasteiger partial charge is 0.0343 e. The fourth-order valence-corrected chi connectivity index (χ4v) is 2.36. The monoisotopic (exact) mass is 218 g/mol. The Hall–Kier alpha value is -1.02. The van der Waals surface area contributed by atoms with Crippen molar-refractivity contribution in [3.8, 4) is 0 Å². The summed E-state index contributed by atoms with van der Waals surface area (Å²) in [5.74, 6) is 0. The van der Waals surface area contributed by atoms with E-state index in [-0.39, 0.29) is 0 Å². The number of likely N-dealkylation sites (tertiary alicyclic amines) is 1. The predicted molar refractivity (Wildman–Crippen MR) is 69.7 cm³/mol. The summed E-state index contributed by atoms with van der Waals surface area (Å²) in [5, 5.41) is 3.37. The lowest BCUT2D eigenvalue weighted by Crippen LogP contribution is -2.29. The molecule has 1 aromatic carbocycles. The molecule has 1 saturated heterocycles. The van der Waals surface area contributed by atoms with Crippen LogP contribution in [-0.4, -0.2) is 24.5 Å². The van der Waals surface area contributed by atoms with Crippen molar-refractivity contribution < 1.29 is 0 Å². The number of nitrogens with one attached hydrogen (secondary N) is 1. The van der Waals surface area contributed by atoms with E-state index in [4.69, 9.17) is 0 Å². The lowest BCUT2D eigenvalue weighted by Gasteiger charge is -2.26. The lowest BCUT2D eigenvalue weighted by molar-refractivity contribution is 0.221. The largest absolute Gasteiger partial charge is 0.385 e. The number of benzene rings is 1. The van der Waals surface area contributed by atoms with Crippen LogP contribution < -0.4 is 5.32 Å². The summed E-state index contributed by atoms with van der Waals surface area (Å²) in [4.78, 5) is 2.56. The molecule has 0 aliphatic carbocycles. The Morgan fingerprint density at radius 2 is 2.00 bits per heavy atom. The van der Waals surface area contributed by atoms with Gasteiger partial charge in [0.1, 0.15) is 0 Å². The minimum atomic E-state index is 0.993. The molecule has 0 spiro atoms. The Morgan fingerprint density at radius 1 is 1.19 bits per heavy atom. The van der Waals surface area contributed by atoms with Crippen LogP contribution in [-0.2, 0) is 6.54 Å². The van der Waals surface area contributed by atoms with Crippen molar-refractivity contribution in [2.45, 2.75) is 32.7 Å². The normalized spacial score (nSPS) is 17.3. The van der Waals surface area contributed by atoms with Crippen molar-refractivity contribution in [1.82, 2.24) is 4.90 Å². The fourth-order valence-electron chi connectivity index (χ4n) is 2.36. The van der Waals surface area contributed by atoms with Gasteiger partial charge in [0.15, 0.2) is 0 Å². The average molecular weight is 218 g/mol. The molecule has 1 fully saturated rings. The van der Waals surface area contributed by atoms with Crippen molar-refractivity contribution in [3.63, 3.8) is 0 Å². The summed E-state index contributed by atoms with van der Waals surface area (Å²) >= 11 is 0. The molecule has 0 aromatic heterocycles. The van der Waals surface area contributed by atoms with E-state index in [9.17, 15) is 0 Å². The maximum absolute atomic E-state index is 3.37. The number of piperidine rings is 1. The maximum atomic E-state index is 3.37. The first-order chi connectivity index (χ1) is 7.88. The van der Waals surface area contributed by atoms with Gasteiger partial charge in [0.2, 0.25) is 0 Å². The van der Waals surface area contributed by atoms with Crippen LogP contribution in [0, 0.1) is 0 Å². The summed E-state index contributed by atoms with van der Waals surface area (Å²) in [6.07, 6.45) is 4.15. The second-order valence-corrected chi connectivity index (χ2v) is 4.57. The zero-order valence-corrected chi connectivity index (χ0v) is 10.2. The van der Waals surface area contributed by atoms with E-state index in [0.29, 0.717) is 0 Å². The SMILES string of the molecule is CCNc1cccc(CN2CCCCC2)c1. The van der Waals surface area contributed by atoms with Crippen LogP contribution in [0.1, 0.15) is 31.7 Å². The molecule has 2 nitrogen and oxygen atoms in total. The predicted octanol–water partition coefficient (Wildman–Crippen LogP) is 3.10. The van der Waals surface area contributed by atoms with Crippen LogP contribution >= 0.6 is 0 Å². The third-order valence-electron chi connectivity index (χ3n) is 3.16. The first kappa shape index (κ1) is 11.5. The van der Waals surface area contributed by atoms with Gasteiger partial charge < -0.3 is 5.32 Å². The average Bonchev–Trinajstić information content (AvgIpc) is 2.31. The van der Waals surface area contributed by atoms with E-state index in [1.165, 1.54) is 43.6 Å². The number of hydrogen-bond donors (Lipinski definition) is 1. The van der Waals surface area contributed by atoms with Gasteiger partial charge in [0.05, 0.1) is 0 Å². The van der Waals surface area contributed by atoms with E-state index in [0.717, 1.165) is 13.1 Å². The molecule has 16 heavy (non-hydrogen) atoms. The molecule has 1 aliphatic heterocycles. The van der Waals surface area contributed by atoms with Crippen molar-refractivity contribution in [3.05, 3.63) is 29.8 Å². The molecule has 88 valence electrons. The molecule has 1 aliphatic rings. The molecular weight excluding hydrogens is 196 g/mol. The molecule has 1 heterocycles. The van der Waals surface area contributed by atoms with Crippen LogP contribution in [0.3, 0.4) is 0 Å². The van der Waals surface area contributed by atoms with Crippen LogP contribution in [0.4, 0.5) is 5.69 Å². The Morgan fingerprint density at radius 3 is 2.75 bits per heavy atom. The molecule has 0 amide bonds. The minimum Gasteiger partial charge on any atom is -0.385 e. The second-order valence-electron chi connectivity index (χ2n) is 4.57. The van der Waals surface area contributed by atoms with Gasteiger partial charge >= 0.3 is 0 Å². The number of hydrogen-bond acceptors (Lipinski definition) is 2. The molecule has 1 aromatic rings. The van der Waals surface area contributed by atoms with Gasteiger partial charge in [-0.1, -0.05) is 18.6 Å². The molecule has 2 rings (SSSR count). The van der Waals surface area contributed by atoms with Crippen LogP contribution in [0.15, 0.2) is 24.3 Å². The Bertz CT molecular complexity index is 316. The number of rotatable bonds is 4. The van der Waals surface area contributed by atoms with E-state index in [1.54, 1.807) is 0 Å². The zero-order chi connectivity index (χ0) is 11.2. The van der Waals surface area contributed by atoms with Gasteiger partial charge in [-0.15, -0.1) is 0 Å². The van der Waals surface area contributed by atoms with Gasteiger partial charge in [-0.05, 0) is 50.6 Å². The third-order valence-corrected chi connectivity index (χ3v) is 3.16. The van der Waals surface area contributed by atoms with E-state index < -0.39 is 0 Å². The van der Waals surface area contributed by atoms with Gasteiger partial charge in [-0.2, -0.15) is 0 Å². The number of anilines is 1. The highest BCUT2D eigenvalue weighted by atomic mass is 15.1. The molecule has 0 unspecified atom stereocenters. The maximum Gasteiger partial charge on any atom is 0.0343 e. The fraction of sp³-hybridized carbons (Fsp3) is 0.571. The highest BCUT2D eigenvalue weighted by Crippen LogP contribution is 2.15. The summed E-state index contributed by atoms with van der Waals surface area (Å²) in [7, 11) is 0. The molecule has 2 heteroatoms. The molecule has 0 saturated carbocycles. The first-order valence-electron chi connectivity index (χ1n) is 6.43. The molecule has 0 atom stereocenters. The van der Waals surface area contributed by atoms with E-state index in [2.05, 4.69) is 41.4 Å². The molecule has 1 N–H and O–H groups in total. The van der Waals surface area contributed by atoms with Gasteiger partial charge in [0, 0.05) is 18.8 Å². The third kappa shape index (κ3) is 3.24. The first-order valence-corrected chi connectivity index (χ1v) is 6.43. The standard InChI is InChI=1S/C14H22N2/c1-2-15-14-8-6-7-13(11-14)12-16-9-4-3-5-10-16/h6-8,11,15H,2-5,9-10,12H2,1H3. The second kappa shape index (κ2) is 5.90. The Labute approximate surface area is 98.7 Å². The van der Waals surface area contributed by atoms with Crippen molar-refractivity contribution in [1.29, 1.82) is 0 Å². The summed E-state index contributed by atoms with van der Waals surface area (Å²) in [6.45, 7) is 6.78. The van der Waals surface area contributed by atoms with Crippen molar-refractivity contribution in [2.75, 3.05) is 25.0 Å². The Balaban J connectivity index is 1.94. The topological polar surface area (TPSA) is 15.3 Å². The summed E-state index contributed by atoms with van der Waals surface area (Å²) < 4.78 is 0. The minimum absolute atomic E-state index is 0.993. The molecule has 0 radical (unpaired) electrons. The van der Waals surface area contributed by atoms with Gasteiger partial charge in [-0.3, -0.25) is 4.90 Å². The van der Waals surface area contributed by atoms with Crippen LogP contribution in [0.5, 0.6) is 0 Å². The summed E-state index contributed by atoms with van der Waals surface area (Å²) in [5.41, 5.74) is 2.68. The summed E-state index contributed by atoms with van der Waals surface area (Å²) in [6, 6.07) is 8.80. The van der Waals surface area contributed by atoms with Crippen molar-refractivity contribution >= 4 is 5.69 Å². The zero-order valence-electron chi connectivity index (χ0n) is 10.2. The highest BCUT2D eigenvalue weighted by molar-refractivity contribution is 5.45. The molecule has 0 bridgehead atoms. The van der Waals surface area contributed by atoms with E-state index in [1.807, 2.05) is 0 Å². The number of nitrogens with zero attached hydrogens (tertiary/aromatic N) is 1. The Kier molecular flexibility index (Phi) is 4.23. The van der Waals surface area contributed by atoms with Crippen LogP contribution in [0.25, 0.3) is 0 Å². The van der Waals surface area contributed by atoms with Crippen molar-refractivity contribution in [2.24, 2.45) is 0 Å². The van der Waals surface area contributed by atoms with Gasteiger partial charge in [-0.25, -0.2) is 0 Å².